The Hall–Kier alpha value is -2.99. The van der Waals surface area contributed by atoms with Gasteiger partial charge in [0.15, 0.2) is 11.5 Å². The average Bonchev–Trinajstić information content (AvgIpc) is 3.14. The van der Waals surface area contributed by atoms with Crippen molar-refractivity contribution in [3.8, 4) is 21.9 Å². The van der Waals surface area contributed by atoms with Crippen molar-refractivity contribution in [1.29, 1.82) is 0 Å². The molecule has 1 atom stereocenters. The quantitative estimate of drug-likeness (QED) is 0.287. The number of aromatic nitrogens is 2. The number of ether oxygens (including phenoxy) is 2. The van der Waals surface area contributed by atoms with Crippen molar-refractivity contribution in [3.05, 3.63) is 78.4 Å². The summed E-state index contributed by atoms with van der Waals surface area (Å²) in [6.45, 7) is 2.94. The molecule has 2 N–H and O–H groups in total. The van der Waals surface area contributed by atoms with Crippen LogP contribution >= 0.6 is 34.5 Å². The number of H-pyrrole nitrogens is 1. The molecule has 0 radical (unpaired) electrons. The van der Waals surface area contributed by atoms with Crippen molar-refractivity contribution in [2.75, 3.05) is 0 Å². The van der Waals surface area contributed by atoms with Crippen molar-refractivity contribution < 1.29 is 27.8 Å². The van der Waals surface area contributed by atoms with Crippen LogP contribution in [0.4, 0.5) is 13.2 Å². The molecular weight excluding hydrogens is 556 g/mol. The van der Waals surface area contributed by atoms with E-state index in [4.69, 9.17) is 27.9 Å². The summed E-state index contributed by atoms with van der Waals surface area (Å²) in [5.41, 5.74) is 0.0268. The zero-order chi connectivity index (χ0) is 27.1. The number of halogens is 5. The highest BCUT2D eigenvalue weighted by Gasteiger charge is 2.33. The Labute approximate surface area is 221 Å². The lowest BCUT2D eigenvalue weighted by Gasteiger charge is -2.15. The number of alkyl halides is 3. The number of nitrogens with zero attached hydrogens (tertiary/aromatic N) is 1. The summed E-state index contributed by atoms with van der Waals surface area (Å²) in [5.74, 6) is -0.757. The Bertz CT molecular complexity index is 1590. The third kappa shape index (κ3) is 5.96. The van der Waals surface area contributed by atoms with Gasteiger partial charge in [-0.05, 0) is 60.9 Å². The minimum atomic E-state index is -5.00. The maximum atomic E-state index is 13.2. The number of aliphatic hydroxyl groups excluding tert-OH is 1. The molecule has 7 nitrogen and oxygen atoms in total. The summed E-state index contributed by atoms with van der Waals surface area (Å²) in [4.78, 5) is 27.9. The van der Waals surface area contributed by atoms with Gasteiger partial charge in [0.05, 0.1) is 28.1 Å². The van der Waals surface area contributed by atoms with Crippen LogP contribution in [0.1, 0.15) is 18.1 Å². The van der Waals surface area contributed by atoms with Crippen molar-refractivity contribution >= 4 is 44.8 Å². The van der Waals surface area contributed by atoms with Gasteiger partial charge in [0.25, 0.3) is 5.56 Å². The van der Waals surface area contributed by atoms with Crippen LogP contribution in [-0.4, -0.2) is 27.1 Å². The van der Waals surface area contributed by atoms with E-state index >= 15 is 0 Å². The maximum absolute atomic E-state index is 13.2. The zero-order valence-electron chi connectivity index (χ0n) is 19.3. The predicted octanol–water partition coefficient (Wildman–Crippen LogP) is 5.89. The third-order valence-corrected chi connectivity index (χ3v) is 7.43. The zero-order valence-corrected chi connectivity index (χ0v) is 21.6. The molecule has 2 heterocycles. The van der Waals surface area contributed by atoms with Gasteiger partial charge in [-0.25, -0.2) is 4.79 Å². The topological polar surface area (TPSA) is 93.5 Å². The van der Waals surface area contributed by atoms with Gasteiger partial charge in [0.1, 0.15) is 11.4 Å². The number of thiophene rings is 1. The fourth-order valence-electron chi connectivity index (χ4n) is 3.74. The second-order valence-corrected chi connectivity index (χ2v) is 10.0. The standard InChI is InChI=1S/C24H19Cl2F3N2O5S/c1-11(32)9-31-22-19(21(33)30-23(31)34)12(2)20(37-22)14-4-6-17(18(8-14)36-24(27,28)29)35-10-13-3-5-15(25)16(26)7-13/h3-8,11,32H,9-10H2,1-2H3,(H,30,33,34). The summed E-state index contributed by atoms with van der Waals surface area (Å²) < 4.78 is 50.7. The molecule has 0 aliphatic rings. The lowest BCUT2D eigenvalue weighted by molar-refractivity contribution is -0.275. The fourth-order valence-corrected chi connectivity index (χ4v) is 5.37. The molecule has 1 unspecified atom stereocenters. The van der Waals surface area contributed by atoms with E-state index in [9.17, 15) is 27.9 Å². The van der Waals surface area contributed by atoms with Crippen molar-refractivity contribution in [1.82, 2.24) is 9.55 Å². The van der Waals surface area contributed by atoms with E-state index in [0.29, 0.717) is 31.4 Å². The first-order chi connectivity index (χ1) is 17.3. The molecule has 0 amide bonds. The van der Waals surface area contributed by atoms with E-state index in [1.165, 1.54) is 29.7 Å². The Balaban J connectivity index is 1.78. The van der Waals surface area contributed by atoms with Gasteiger partial charge < -0.3 is 14.6 Å². The number of nitrogens with one attached hydrogen (secondary N) is 1. The average molecular weight is 575 g/mol. The Morgan fingerprint density at radius 1 is 1.11 bits per heavy atom. The number of aliphatic hydroxyl groups is 1. The molecule has 4 aromatic rings. The fraction of sp³-hybridized carbons (Fsp3) is 0.250. The van der Waals surface area contributed by atoms with Crippen LogP contribution in [0, 0.1) is 6.92 Å². The first kappa shape index (κ1) is 27.1. The Morgan fingerprint density at radius 3 is 2.49 bits per heavy atom. The molecule has 0 saturated carbocycles. The molecule has 0 aliphatic carbocycles. The van der Waals surface area contributed by atoms with Crippen LogP contribution in [0.5, 0.6) is 11.5 Å². The van der Waals surface area contributed by atoms with Crippen LogP contribution in [-0.2, 0) is 13.2 Å². The van der Waals surface area contributed by atoms with Crippen LogP contribution < -0.4 is 20.7 Å². The van der Waals surface area contributed by atoms with Crippen molar-refractivity contribution in [2.45, 2.75) is 39.5 Å². The molecular formula is C24H19Cl2F3N2O5S. The van der Waals surface area contributed by atoms with Crippen LogP contribution in [0.3, 0.4) is 0 Å². The van der Waals surface area contributed by atoms with Gasteiger partial charge in [0.2, 0.25) is 0 Å². The number of aromatic amines is 1. The number of fused-ring (bicyclic) bond motifs is 1. The van der Waals surface area contributed by atoms with Gasteiger partial charge in [-0.2, -0.15) is 0 Å². The summed E-state index contributed by atoms with van der Waals surface area (Å²) in [5, 5.41) is 10.6. The van der Waals surface area contributed by atoms with Crippen LogP contribution in [0.25, 0.3) is 20.7 Å². The molecule has 2 aromatic heterocycles. The highest BCUT2D eigenvalue weighted by Crippen LogP contribution is 2.41. The van der Waals surface area contributed by atoms with Gasteiger partial charge >= 0.3 is 12.1 Å². The SMILES string of the molecule is Cc1c(-c2ccc(OCc3ccc(Cl)c(Cl)c3)c(OC(F)(F)F)c2)sc2c1c(=O)[nH]c(=O)n2CC(C)O. The first-order valence-electron chi connectivity index (χ1n) is 10.7. The molecule has 37 heavy (non-hydrogen) atoms. The Kier molecular flexibility index (Phi) is 7.61. The largest absolute Gasteiger partial charge is 0.573 e. The van der Waals surface area contributed by atoms with E-state index in [2.05, 4.69) is 9.72 Å². The Morgan fingerprint density at radius 2 is 1.84 bits per heavy atom. The number of aryl methyl sites for hydroxylation is 1. The van der Waals surface area contributed by atoms with Crippen LogP contribution in [0.2, 0.25) is 10.0 Å². The molecule has 0 bridgehead atoms. The van der Waals surface area contributed by atoms with Crippen molar-refractivity contribution in [2.24, 2.45) is 0 Å². The summed E-state index contributed by atoms with van der Waals surface area (Å²) in [6, 6.07) is 8.70. The molecule has 13 heteroatoms. The molecule has 0 fully saturated rings. The second-order valence-electron chi connectivity index (χ2n) is 8.20. The van der Waals surface area contributed by atoms with E-state index in [-0.39, 0.29) is 29.3 Å². The van der Waals surface area contributed by atoms with E-state index in [1.807, 2.05) is 0 Å². The van der Waals surface area contributed by atoms with Gasteiger partial charge in [-0.15, -0.1) is 24.5 Å². The number of hydrogen-bond acceptors (Lipinski definition) is 6. The van der Waals surface area contributed by atoms with E-state index < -0.39 is 29.5 Å². The van der Waals surface area contributed by atoms with Gasteiger partial charge in [-0.3, -0.25) is 14.3 Å². The lowest BCUT2D eigenvalue weighted by Crippen LogP contribution is -2.32. The maximum Gasteiger partial charge on any atom is 0.573 e. The smallest absolute Gasteiger partial charge is 0.485 e. The highest BCUT2D eigenvalue weighted by atomic mass is 35.5. The normalized spacial score (nSPS) is 12.6. The molecule has 196 valence electrons. The summed E-state index contributed by atoms with van der Waals surface area (Å²) in [7, 11) is 0. The molecule has 4 rings (SSSR count). The molecule has 2 aromatic carbocycles. The second kappa shape index (κ2) is 10.4. The van der Waals surface area contributed by atoms with Gasteiger partial charge in [-0.1, -0.05) is 29.3 Å². The monoisotopic (exact) mass is 574 g/mol. The minimum absolute atomic E-state index is 0.0740. The molecule has 0 spiro atoms. The minimum Gasteiger partial charge on any atom is -0.485 e. The third-order valence-electron chi connectivity index (χ3n) is 5.32. The van der Waals surface area contributed by atoms with E-state index in [1.54, 1.807) is 19.1 Å². The van der Waals surface area contributed by atoms with E-state index in [0.717, 1.165) is 17.4 Å². The highest BCUT2D eigenvalue weighted by molar-refractivity contribution is 7.22. The summed E-state index contributed by atoms with van der Waals surface area (Å²) in [6.07, 6.45) is -5.87. The number of rotatable bonds is 7. The first-order valence-corrected chi connectivity index (χ1v) is 12.3. The van der Waals surface area contributed by atoms with Crippen molar-refractivity contribution in [3.63, 3.8) is 0 Å². The number of benzene rings is 2. The predicted molar refractivity (Wildman–Crippen MR) is 136 cm³/mol. The molecule has 0 saturated heterocycles. The van der Waals surface area contributed by atoms with Gasteiger partial charge in [0, 0.05) is 4.88 Å². The van der Waals surface area contributed by atoms with Crippen LogP contribution in [0.15, 0.2) is 46.0 Å². The summed E-state index contributed by atoms with van der Waals surface area (Å²) >= 11 is 12.9. The molecule has 0 aliphatic heterocycles. The lowest BCUT2D eigenvalue weighted by atomic mass is 10.1. The number of hydrogen-bond donors (Lipinski definition) is 2.